The largest absolute Gasteiger partial charge is 0.477 e. The van der Waals surface area contributed by atoms with E-state index in [0.717, 1.165) is 22.5 Å². The average Bonchev–Trinajstić information content (AvgIpc) is 2.76. The van der Waals surface area contributed by atoms with Crippen molar-refractivity contribution in [2.24, 2.45) is 5.92 Å². The summed E-state index contributed by atoms with van der Waals surface area (Å²) in [4.78, 5) is 12.5. The predicted molar refractivity (Wildman–Crippen MR) is 78.1 cm³/mol. The lowest BCUT2D eigenvalue weighted by Crippen LogP contribution is -2.14. The third kappa shape index (κ3) is 2.66. The maximum absolute atomic E-state index is 11.1. The maximum atomic E-state index is 11.1. The van der Waals surface area contributed by atoms with Gasteiger partial charge in [-0.25, -0.2) is 4.79 Å². The first-order valence-electron chi connectivity index (χ1n) is 6.44. The van der Waals surface area contributed by atoms with Crippen LogP contribution < -0.4 is 0 Å². The lowest BCUT2D eigenvalue weighted by Gasteiger charge is -2.15. The molecule has 0 unspecified atom stereocenters. The van der Waals surface area contributed by atoms with E-state index in [1.165, 1.54) is 11.3 Å². The molecule has 0 aliphatic rings. The highest BCUT2D eigenvalue weighted by atomic mass is 32.1. The number of aromatic nitrogens is 2. The summed E-state index contributed by atoms with van der Waals surface area (Å²) in [6.07, 6.45) is 0. The molecule has 0 aromatic carbocycles. The molecular weight excluding hydrogens is 260 g/mol. The minimum absolute atomic E-state index is 0.0860. The number of aromatic carboxylic acids is 1. The number of hydrogen-bond donors (Lipinski definition) is 1. The molecule has 2 aromatic rings. The number of fused-ring (bicyclic) bond motifs is 1. The van der Waals surface area contributed by atoms with Crippen molar-refractivity contribution in [3.8, 4) is 0 Å². The molecule has 19 heavy (non-hydrogen) atoms. The molecule has 0 saturated carbocycles. The highest BCUT2D eigenvalue weighted by Gasteiger charge is 2.25. The second kappa shape index (κ2) is 4.63. The lowest BCUT2D eigenvalue weighted by molar-refractivity contribution is 0.0702. The normalized spacial score (nSPS) is 12.5. The van der Waals surface area contributed by atoms with Gasteiger partial charge in [0.1, 0.15) is 9.71 Å². The van der Waals surface area contributed by atoms with Crippen molar-refractivity contribution in [1.29, 1.82) is 0 Å². The van der Waals surface area contributed by atoms with Gasteiger partial charge >= 0.3 is 5.97 Å². The van der Waals surface area contributed by atoms with E-state index in [-0.39, 0.29) is 5.41 Å². The summed E-state index contributed by atoms with van der Waals surface area (Å²) in [5.74, 6) is -0.386. The van der Waals surface area contributed by atoms with Crippen LogP contribution in [0, 0.1) is 5.92 Å². The van der Waals surface area contributed by atoms with Crippen molar-refractivity contribution in [1.82, 2.24) is 9.78 Å². The van der Waals surface area contributed by atoms with Gasteiger partial charge in [-0.2, -0.15) is 5.10 Å². The molecule has 0 bridgehead atoms. The van der Waals surface area contributed by atoms with Crippen LogP contribution in [0.4, 0.5) is 0 Å². The van der Waals surface area contributed by atoms with Crippen LogP contribution in [0.2, 0.25) is 0 Å². The van der Waals surface area contributed by atoms with Gasteiger partial charge in [0.05, 0.1) is 5.69 Å². The Kier molecular flexibility index (Phi) is 3.43. The summed E-state index contributed by atoms with van der Waals surface area (Å²) in [7, 11) is 0. The number of thiophene rings is 1. The van der Waals surface area contributed by atoms with Crippen LogP contribution in [-0.2, 0) is 12.0 Å². The molecule has 0 aliphatic carbocycles. The molecule has 2 aromatic heterocycles. The fourth-order valence-corrected chi connectivity index (χ4v) is 3.05. The Bertz CT molecular complexity index is 617. The van der Waals surface area contributed by atoms with Crippen LogP contribution in [0.5, 0.6) is 0 Å². The van der Waals surface area contributed by atoms with Crippen molar-refractivity contribution in [3.05, 3.63) is 16.6 Å². The first-order chi connectivity index (χ1) is 8.70. The topological polar surface area (TPSA) is 55.1 Å². The first-order valence-corrected chi connectivity index (χ1v) is 7.26. The molecule has 104 valence electrons. The van der Waals surface area contributed by atoms with Gasteiger partial charge in [0, 0.05) is 17.3 Å². The Morgan fingerprint density at radius 2 is 2.11 bits per heavy atom. The van der Waals surface area contributed by atoms with E-state index in [1.54, 1.807) is 6.07 Å². The third-order valence-electron chi connectivity index (χ3n) is 2.88. The SMILES string of the molecule is CC(C)Cn1nc(C(C)(C)C)c2cc(C(=O)O)sc21. The van der Waals surface area contributed by atoms with Crippen molar-refractivity contribution in [2.45, 2.75) is 46.6 Å². The van der Waals surface area contributed by atoms with E-state index in [1.807, 2.05) is 4.68 Å². The zero-order valence-electron chi connectivity index (χ0n) is 12.0. The van der Waals surface area contributed by atoms with Gasteiger partial charge in [0.15, 0.2) is 0 Å². The van der Waals surface area contributed by atoms with Crippen LogP contribution >= 0.6 is 11.3 Å². The predicted octanol–water partition coefficient (Wildman–Crippen LogP) is 3.75. The number of carboxylic acid groups (broad SMARTS) is 1. The second-order valence-electron chi connectivity index (χ2n) is 6.31. The molecule has 5 heteroatoms. The van der Waals surface area contributed by atoms with Gasteiger partial charge in [0.25, 0.3) is 0 Å². The summed E-state index contributed by atoms with van der Waals surface area (Å²) in [5, 5.41) is 14.8. The Labute approximate surface area is 117 Å². The molecule has 2 heterocycles. The Morgan fingerprint density at radius 1 is 1.47 bits per heavy atom. The van der Waals surface area contributed by atoms with Crippen LogP contribution in [0.1, 0.15) is 50.0 Å². The number of carboxylic acids is 1. The second-order valence-corrected chi connectivity index (χ2v) is 7.34. The van der Waals surface area contributed by atoms with Crippen LogP contribution in [0.25, 0.3) is 10.2 Å². The van der Waals surface area contributed by atoms with E-state index in [9.17, 15) is 4.79 Å². The Hall–Kier alpha value is -1.36. The molecule has 0 radical (unpaired) electrons. The molecule has 0 spiro atoms. The van der Waals surface area contributed by atoms with E-state index < -0.39 is 5.97 Å². The lowest BCUT2D eigenvalue weighted by atomic mass is 9.91. The smallest absolute Gasteiger partial charge is 0.345 e. The van der Waals surface area contributed by atoms with Crippen molar-refractivity contribution in [2.75, 3.05) is 0 Å². The third-order valence-corrected chi connectivity index (χ3v) is 4.02. The number of hydrogen-bond acceptors (Lipinski definition) is 3. The van der Waals surface area contributed by atoms with Gasteiger partial charge in [0.2, 0.25) is 0 Å². The Balaban J connectivity index is 2.66. The maximum Gasteiger partial charge on any atom is 0.345 e. The van der Waals surface area contributed by atoms with E-state index >= 15 is 0 Å². The molecule has 0 aliphatic heterocycles. The van der Waals surface area contributed by atoms with Gasteiger partial charge in [-0.3, -0.25) is 4.68 Å². The molecule has 2 rings (SSSR count). The molecule has 4 nitrogen and oxygen atoms in total. The van der Waals surface area contributed by atoms with Crippen LogP contribution in [0.15, 0.2) is 6.07 Å². The number of rotatable bonds is 3. The summed E-state index contributed by atoms with van der Waals surface area (Å²) >= 11 is 1.31. The zero-order valence-corrected chi connectivity index (χ0v) is 12.8. The summed E-state index contributed by atoms with van der Waals surface area (Å²) < 4.78 is 1.96. The van der Waals surface area contributed by atoms with E-state index in [2.05, 4.69) is 34.6 Å². The van der Waals surface area contributed by atoms with Crippen LogP contribution in [-0.4, -0.2) is 20.9 Å². The number of carbonyl (C=O) groups is 1. The average molecular weight is 280 g/mol. The molecule has 0 fully saturated rings. The fourth-order valence-electron chi connectivity index (χ4n) is 2.09. The summed E-state index contributed by atoms with van der Waals surface area (Å²) in [6.45, 7) is 11.4. The van der Waals surface area contributed by atoms with Gasteiger partial charge in [-0.15, -0.1) is 11.3 Å². The monoisotopic (exact) mass is 280 g/mol. The molecule has 0 saturated heterocycles. The van der Waals surface area contributed by atoms with Gasteiger partial charge in [-0.05, 0) is 12.0 Å². The van der Waals surface area contributed by atoms with Crippen molar-refractivity contribution in [3.63, 3.8) is 0 Å². The summed E-state index contributed by atoms with van der Waals surface area (Å²) in [5.41, 5.74) is 0.893. The zero-order chi connectivity index (χ0) is 14.4. The molecular formula is C14H20N2O2S. The van der Waals surface area contributed by atoms with Gasteiger partial charge < -0.3 is 5.11 Å². The molecule has 0 amide bonds. The molecule has 0 atom stereocenters. The quantitative estimate of drug-likeness (QED) is 0.931. The summed E-state index contributed by atoms with van der Waals surface area (Å²) in [6, 6.07) is 1.76. The van der Waals surface area contributed by atoms with Crippen molar-refractivity contribution < 1.29 is 9.90 Å². The Morgan fingerprint density at radius 3 is 2.58 bits per heavy atom. The molecule has 1 N–H and O–H groups in total. The van der Waals surface area contributed by atoms with Gasteiger partial charge in [-0.1, -0.05) is 34.6 Å². The van der Waals surface area contributed by atoms with E-state index in [4.69, 9.17) is 10.2 Å². The van der Waals surface area contributed by atoms with Crippen LogP contribution in [0.3, 0.4) is 0 Å². The standard InChI is InChI=1S/C14H20N2O2S/c1-8(2)7-16-12-9(6-10(19-12)13(17)18)11(15-16)14(3,4)5/h6,8H,7H2,1-5H3,(H,17,18). The highest BCUT2D eigenvalue weighted by molar-refractivity contribution is 7.20. The first kappa shape index (κ1) is 14.1. The highest BCUT2D eigenvalue weighted by Crippen LogP contribution is 2.34. The minimum Gasteiger partial charge on any atom is -0.477 e. The minimum atomic E-state index is -0.864. The number of nitrogens with zero attached hydrogens (tertiary/aromatic N) is 2. The fraction of sp³-hybridized carbons (Fsp3) is 0.571. The van der Waals surface area contributed by atoms with E-state index in [0.29, 0.717) is 10.8 Å². The van der Waals surface area contributed by atoms with Crippen molar-refractivity contribution >= 4 is 27.5 Å².